The second-order valence-electron chi connectivity index (χ2n) is 8.28. The maximum absolute atomic E-state index is 13.2. The van der Waals surface area contributed by atoms with E-state index in [4.69, 9.17) is 4.74 Å². The Labute approximate surface area is 203 Å². The molecule has 1 aliphatic rings. The molecule has 34 heavy (non-hydrogen) atoms. The fourth-order valence-electron chi connectivity index (χ4n) is 4.23. The van der Waals surface area contributed by atoms with Crippen molar-refractivity contribution in [3.05, 3.63) is 53.6 Å². The van der Waals surface area contributed by atoms with Gasteiger partial charge < -0.3 is 19.9 Å². The van der Waals surface area contributed by atoms with Crippen LogP contribution in [-0.4, -0.2) is 76.5 Å². The zero-order valence-electron chi connectivity index (χ0n) is 20.6. The molecule has 0 unspecified atom stereocenters. The summed E-state index contributed by atoms with van der Waals surface area (Å²) in [4.78, 5) is 17.9. The number of amides is 1. The molecule has 1 amide bonds. The van der Waals surface area contributed by atoms with E-state index in [-0.39, 0.29) is 10.8 Å². The van der Waals surface area contributed by atoms with E-state index in [1.807, 2.05) is 32.0 Å². The first-order chi connectivity index (χ1) is 16.3. The van der Waals surface area contributed by atoms with E-state index < -0.39 is 10.0 Å². The molecule has 1 aliphatic heterocycles. The van der Waals surface area contributed by atoms with Crippen LogP contribution in [-0.2, 0) is 21.4 Å². The molecule has 0 aliphatic carbocycles. The van der Waals surface area contributed by atoms with Gasteiger partial charge in [-0.2, -0.15) is 4.31 Å². The van der Waals surface area contributed by atoms with E-state index in [9.17, 15) is 13.2 Å². The van der Waals surface area contributed by atoms with E-state index in [1.165, 1.54) is 4.31 Å². The quantitative estimate of drug-likeness (QED) is 0.553. The molecule has 1 saturated heterocycles. The van der Waals surface area contributed by atoms with Crippen LogP contribution in [0.5, 0.6) is 0 Å². The lowest BCUT2D eigenvalue weighted by Crippen LogP contribution is -2.46. The zero-order valence-corrected chi connectivity index (χ0v) is 21.4. The normalized spacial score (nSPS) is 15.0. The number of hydrogen-bond acceptors (Lipinski definition) is 6. The highest BCUT2D eigenvalue weighted by Crippen LogP contribution is 2.31. The monoisotopic (exact) mass is 488 g/mol. The van der Waals surface area contributed by atoms with Gasteiger partial charge in [0.15, 0.2) is 0 Å². The van der Waals surface area contributed by atoms with Crippen LogP contribution in [0.15, 0.2) is 47.4 Å². The average Bonchev–Trinajstić information content (AvgIpc) is 2.85. The van der Waals surface area contributed by atoms with Crippen molar-refractivity contribution in [2.45, 2.75) is 32.3 Å². The van der Waals surface area contributed by atoms with E-state index in [2.05, 4.69) is 22.0 Å². The molecule has 3 rings (SSSR count). The highest BCUT2D eigenvalue weighted by atomic mass is 32.2. The van der Waals surface area contributed by atoms with Gasteiger partial charge in [-0.1, -0.05) is 32.9 Å². The number of carbonyl (C=O) groups excluding carboxylic acids is 1. The molecule has 0 atom stereocenters. The van der Waals surface area contributed by atoms with Gasteiger partial charge in [-0.05, 0) is 42.4 Å². The summed E-state index contributed by atoms with van der Waals surface area (Å²) in [6, 6.07) is 12.3. The molecule has 0 radical (unpaired) electrons. The van der Waals surface area contributed by atoms with Gasteiger partial charge in [0.2, 0.25) is 10.0 Å². The molecule has 1 heterocycles. The van der Waals surface area contributed by atoms with Crippen LogP contribution in [0.4, 0.5) is 11.4 Å². The number of sulfonamides is 1. The van der Waals surface area contributed by atoms with Crippen LogP contribution >= 0.6 is 0 Å². The van der Waals surface area contributed by atoms with Gasteiger partial charge in [0.25, 0.3) is 5.91 Å². The topological polar surface area (TPSA) is 82.2 Å². The molecule has 0 spiro atoms. The number of likely N-dealkylation sites (N-methyl/N-ethyl adjacent to an activating group) is 1. The average molecular weight is 489 g/mol. The standard InChI is InChI=1S/C25H36N4O4S/c1-5-27-13-15-28(16-14-27)24-12-11-22(34(31,32)29(6-2)7-3)18-23(24)26-25(30)21-10-8-9-20(17-21)19-33-4/h8-12,17-18H,5-7,13-16,19H2,1-4H3,(H,26,30). The largest absolute Gasteiger partial charge is 0.380 e. The number of ether oxygens (including phenoxy) is 1. The first kappa shape index (κ1) is 26.2. The first-order valence-electron chi connectivity index (χ1n) is 11.8. The minimum atomic E-state index is -3.66. The Hall–Kier alpha value is -2.46. The van der Waals surface area contributed by atoms with E-state index >= 15 is 0 Å². The Morgan fingerprint density at radius 3 is 2.35 bits per heavy atom. The van der Waals surface area contributed by atoms with Crippen LogP contribution in [0.1, 0.15) is 36.7 Å². The number of nitrogens with zero attached hydrogens (tertiary/aromatic N) is 3. The Morgan fingerprint density at radius 2 is 1.74 bits per heavy atom. The molecule has 1 fully saturated rings. The van der Waals surface area contributed by atoms with E-state index in [1.54, 1.807) is 31.4 Å². The predicted octanol–water partition coefficient (Wildman–Crippen LogP) is 3.26. The van der Waals surface area contributed by atoms with Crippen molar-refractivity contribution in [3.8, 4) is 0 Å². The Balaban J connectivity index is 1.97. The number of benzene rings is 2. The van der Waals surface area contributed by atoms with Gasteiger partial charge in [-0.3, -0.25) is 4.79 Å². The summed E-state index contributed by atoms with van der Waals surface area (Å²) in [7, 11) is -2.05. The molecule has 0 aromatic heterocycles. The molecule has 1 N–H and O–H groups in total. The lowest BCUT2D eigenvalue weighted by molar-refractivity contribution is 0.102. The predicted molar refractivity (Wildman–Crippen MR) is 136 cm³/mol. The molecule has 2 aromatic carbocycles. The van der Waals surface area contributed by atoms with Crippen molar-refractivity contribution in [1.82, 2.24) is 9.21 Å². The molecule has 186 valence electrons. The third kappa shape index (κ3) is 5.96. The Bertz CT molecular complexity index is 1080. The van der Waals surface area contributed by atoms with Gasteiger partial charge in [0, 0.05) is 51.9 Å². The van der Waals surface area contributed by atoms with Gasteiger partial charge in [0.05, 0.1) is 22.9 Å². The van der Waals surface area contributed by atoms with Gasteiger partial charge in [-0.15, -0.1) is 0 Å². The number of methoxy groups -OCH3 is 1. The molecule has 8 nitrogen and oxygen atoms in total. The summed E-state index contributed by atoms with van der Waals surface area (Å²) >= 11 is 0. The van der Waals surface area contributed by atoms with Crippen molar-refractivity contribution in [1.29, 1.82) is 0 Å². The van der Waals surface area contributed by atoms with Crippen molar-refractivity contribution < 1.29 is 17.9 Å². The molecular formula is C25H36N4O4S. The summed E-state index contributed by atoms with van der Waals surface area (Å²) in [6.45, 7) is 11.4. The highest BCUT2D eigenvalue weighted by Gasteiger charge is 2.25. The highest BCUT2D eigenvalue weighted by molar-refractivity contribution is 7.89. The number of carbonyl (C=O) groups is 1. The molecule has 0 bridgehead atoms. The van der Waals surface area contributed by atoms with Crippen LogP contribution in [0.25, 0.3) is 0 Å². The lowest BCUT2D eigenvalue weighted by atomic mass is 10.1. The summed E-state index contributed by atoms with van der Waals surface area (Å²) in [6.07, 6.45) is 0. The Morgan fingerprint density at radius 1 is 1.03 bits per heavy atom. The lowest BCUT2D eigenvalue weighted by Gasteiger charge is -2.36. The summed E-state index contributed by atoms with van der Waals surface area (Å²) in [5.74, 6) is -0.288. The number of nitrogens with one attached hydrogen (secondary N) is 1. The SMILES string of the molecule is CCN1CCN(c2ccc(S(=O)(=O)N(CC)CC)cc2NC(=O)c2cccc(COC)c2)CC1. The van der Waals surface area contributed by atoms with Crippen molar-refractivity contribution >= 4 is 27.3 Å². The summed E-state index contributed by atoms with van der Waals surface area (Å²) in [5.41, 5.74) is 2.72. The summed E-state index contributed by atoms with van der Waals surface area (Å²) < 4.78 is 32.9. The van der Waals surface area contributed by atoms with E-state index in [0.717, 1.165) is 44.0 Å². The maximum atomic E-state index is 13.2. The maximum Gasteiger partial charge on any atom is 0.255 e. The fourth-order valence-corrected chi connectivity index (χ4v) is 5.72. The first-order valence-corrected chi connectivity index (χ1v) is 13.3. The molecular weight excluding hydrogens is 452 g/mol. The van der Waals surface area contributed by atoms with Crippen molar-refractivity contribution in [2.24, 2.45) is 0 Å². The third-order valence-electron chi connectivity index (χ3n) is 6.22. The van der Waals surface area contributed by atoms with Gasteiger partial charge >= 0.3 is 0 Å². The molecule has 0 saturated carbocycles. The number of hydrogen-bond donors (Lipinski definition) is 1. The Kier molecular flexibility index (Phi) is 9.07. The van der Waals surface area contributed by atoms with Crippen LogP contribution < -0.4 is 10.2 Å². The zero-order chi connectivity index (χ0) is 24.7. The van der Waals surface area contributed by atoms with Crippen molar-refractivity contribution in [2.75, 3.05) is 63.1 Å². The second kappa shape index (κ2) is 11.8. The smallest absolute Gasteiger partial charge is 0.255 e. The van der Waals surface area contributed by atoms with Gasteiger partial charge in [-0.25, -0.2) is 8.42 Å². The molecule has 9 heteroatoms. The van der Waals surface area contributed by atoms with Crippen molar-refractivity contribution in [3.63, 3.8) is 0 Å². The fraction of sp³-hybridized carbons (Fsp3) is 0.480. The second-order valence-corrected chi connectivity index (χ2v) is 10.2. The van der Waals surface area contributed by atoms with Crippen LogP contribution in [0.2, 0.25) is 0 Å². The molecule has 2 aromatic rings. The minimum absolute atomic E-state index is 0.176. The minimum Gasteiger partial charge on any atom is -0.380 e. The van der Waals surface area contributed by atoms with Crippen LogP contribution in [0.3, 0.4) is 0 Å². The van der Waals surface area contributed by atoms with E-state index in [0.29, 0.717) is 30.9 Å². The number of piperazine rings is 1. The van der Waals surface area contributed by atoms with Crippen LogP contribution in [0, 0.1) is 0 Å². The third-order valence-corrected chi connectivity index (χ3v) is 8.27. The summed E-state index contributed by atoms with van der Waals surface area (Å²) in [5, 5.41) is 2.99. The number of rotatable bonds is 10. The number of anilines is 2. The van der Waals surface area contributed by atoms with Gasteiger partial charge in [0.1, 0.15) is 0 Å².